The highest BCUT2D eigenvalue weighted by Gasteiger charge is 2.20. The molecule has 0 radical (unpaired) electrons. The van der Waals surface area contributed by atoms with Gasteiger partial charge in [0.05, 0.1) is 0 Å². The Morgan fingerprint density at radius 1 is 1.20 bits per heavy atom. The summed E-state index contributed by atoms with van der Waals surface area (Å²) in [5.41, 5.74) is 5.53. The lowest BCUT2D eigenvalue weighted by molar-refractivity contribution is 0.0638. The van der Waals surface area contributed by atoms with E-state index in [2.05, 4.69) is 40.7 Å². The van der Waals surface area contributed by atoms with Gasteiger partial charge in [0.2, 0.25) is 0 Å². The van der Waals surface area contributed by atoms with Crippen molar-refractivity contribution in [1.29, 1.82) is 0 Å². The number of hydrogen-bond acceptors (Lipinski definition) is 4. The summed E-state index contributed by atoms with van der Waals surface area (Å²) in [4.78, 5) is 14.5. The zero-order valence-electron chi connectivity index (χ0n) is 18.0. The number of hydrogen-bond donors (Lipinski definition) is 1. The van der Waals surface area contributed by atoms with E-state index in [1.807, 2.05) is 25.1 Å². The maximum Gasteiger partial charge on any atom is 0.162 e. The Morgan fingerprint density at radius 2 is 1.97 bits per heavy atom. The molecule has 2 heterocycles. The van der Waals surface area contributed by atoms with Crippen LogP contribution in [0.1, 0.15) is 41.0 Å². The molecule has 5 nitrogen and oxygen atoms in total. The Morgan fingerprint density at radius 3 is 2.70 bits per heavy atom. The van der Waals surface area contributed by atoms with Crippen molar-refractivity contribution in [3.63, 3.8) is 0 Å². The van der Waals surface area contributed by atoms with Crippen LogP contribution >= 0.6 is 0 Å². The number of benzene rings is 2. The molecule has 5 heteroatoms. The monoisotopic (exact) mass is 406 g/mol. The van der Waals surface area contributed by atoms with Crippen LogP contribution in [0.25, 0.3) is 10.9 Å². The molecule has 1 N–H and O–H groups in total. The second-order valence-corrected chi connectivity index (χ2v) is 8.16. The second-order valence-electron chi connectivity index (χ2n) is 8.16. The van der Waals surface area contributed by atoms with Gasteiger partial charge in [0.25, 0.3) is 0 Å². The first-order valence-corrected chi connectivity index (χ1v) is 10.7. The van der Waals surface area contributed by atoms with Gasteiger partial charge < -0.3 is 14.4 Å². The van der Waals surface area contributed by atoms with Crippen LogP contribution in [0, 0.1) is 6.92 Å². The maximum atomic E-state index is 12.2. The molecule has 1 aliphatic rings. The van der Waals surface area contributed by atoms with Crippen molar-refractivity contribution in [1.82, 2.24) is 9.47 Å². The van der Waals surface area contributed by atoms with E-state index in [0.717, 1.165) is 48.2 Å². The van der Waals surface area contributed by atoms with Crippen LogP contribution in [0.5, 0.6) is 5.75 Å². The molecular weight excluding hydrogens is 376 g/mol. The largest absolute Gasteiger partial charge is 0.491 e. The van der Waals surface area contributed by atoms with E-state index in [4.69, 9.17) is 4.74 Å². The molecule has 0 fully saturated rings. The molecule has 1 aromatic heterocycles. The van der Waals surface area contributed by atoms with Crippen LogP contribution in [0.4, 0.5) is 0 Å². The molecule has 30 heavy (non-hydrogen) atoms. The van der Waals surface area contributed by atoms with Gasteiger partial charge >= 0.3 is 0 Å². The summed E-state index contributed by atoms with van der Waals surface area (Å²) >= 11 is 0. The van der Waals surface area contributed by atoms with Gasteiger partial charge in [-0.1, -0.05) is 24.3 Å². The Balaban J connectivity index is 1.42. The van der Waals surface area contributed by atoms with Crippen LogP contribution < -0.4 is 4.74 Å². The first-order valence-electron chi connectivity index (χ1n) is 10.7. The Hall–Kier alpha value is -2.63. The fourth-order valence-electron chi connectivity index (χ4n) is 4.66. The minimum Gasteiger partial charge on any atom is -0.491 e. The van der Waals surface area contributed by atoms with E-state index < -0.39 is 6.10 Å². The van der Waals surface area contributed by atoms with Crippen molar-refractivity contribution >= 4 is 16.7 Å². The van der Waals surface area contributed by atoms with Crippen LogP contribution in [0.2, 0.25) is 0 Å². The van der Waals surface area contributed by atoms with Gasteiger partial charge in [-0.2, -0.15) is 0 Å². The number of carbonyl (C=O) groups is 1. The fourth-order valence-corrected chi connectivity index (χ4v) is 4.66. The van der Waals surface area contributed by atoms with Gasteiger partial charge in [-0.15, -0.1) is 0 Å². The quantitative estimate of drug-likeness (QED) is 0.603. The normalized spacial score (nSPS) is 15.2. The lowest BCUT2D eigenvalue weighted by Gasteiger charge is -2.30. The molecule has 4 rings (SSSR count). The molecule has 1 aliphatic heterocycles. The molecule has 0 aliphatic carbocycles. The van der Waals surface area contributed by atoms with Gasteiger partial charge in [0, 0.05) is 48.3 Å². The van der Waals surface area contributed by atoms with Crippen LogP contribution in [-0.4, -0.2) is 46.2 Å². The molecule has 0 amide bonds. The third-order valence-electron chi connectivity index (χ3n) is 6.08. The van der Waals surface area contributed by atoms with E-state index in [-0.39, 0.29) is 12.4 Å². The third kappa shape index (κ3) is 4.00. The number of rotatable bonds is 7. The van der Waals surface area contributed by atoms with Gasteiger partial charge in [0.1, 0.15) is 18.5 Å². The number of Topliss-reactive ketones (excluding diaryl/α,β-unsaturated/α-hetero) is 1. The number of aromatic nitrogens is 1. The van der Waals surface area contributed by atoms with Crippen LogP contribution in [0.3, 0.4) is 0 Å². The van der Waals surface area contributed by atoms with E-state index in [1.54, 1.807) is 6.92 Å². The number of ketones is 1. The highest BCUT2D eigenvalue weighted by molar-refractivity contribution is 6.08. The summed E-state index contributed by atoms with van der Waals surface area (Å²) in [6.07, 6.45) is 0.447. The molecule has 158 valence electrons. The van der Waals surface area contributed by atoms with Crippen molar-refractivity contribution in [2.45, 2.75) is 46.4 Å². The fraction of sp³-hybridized carbons (Fsp3) is 0.400. The average Bonchev–Trinajstić information content (AvgIpc) is 3.02. The Kier molecular flexibility index (Phi) is 5.93. The van der Waals surface area contributed by atoms with Crippen LogP contribution in [0.15, 0.2) is 42.5 Å². The van der Waals surface area contributed by atoms with Crippen molar-refractivity contribution < 1.29 is 14.6 Å². The van der Waals surface area contributed by atoms with Gasteiger partial charge in [-0.05, 0) is 56.5 Å². The van der Waals surface area contributed by atoms with Crippen molar-refractivity contribution in [2.24, 2.45) is 0 Å². The van der Waals surface area contributed by atoms with Crippen molar-refractivity contribution in [3.05, 3.63) is 64.8 Å². The molecule has 3 aromatic rings. The summed E-state index contributed by atoms with van der Waals surface area (Å²) in [5.74, 6) is 0.744. The van der Waals surface area contributed by atoms with Crippen LogP contribution in [-0.2, 0) is 19.5 Å². The van der Waals surface area contributed by atoms with Gasteiger partial charge in [0.15, 0.2) is 5.78 Å². The minimum absolute atomic E-state index is 0.0623. The minimum atomic E-state index is -0.569. The molecule has 1 atom stereocenters. The summed E-state index contributed by atoms with van der Waals surface area (Å²) in [6.45, 7) is 9.12. The number of aryl methyl sites for hydroxylation is 1. The predicted octanol–water partition coefficient (Wildman–Crippen LogP) is 3.97. The Labute approximate surface area is 177 Å². The van der Waals surface area contributed by atoms with E-state index in [9.17, 15) is 9.90 Å². The van der Waals surface area contributed by atoms with Crippen molar-refractivity contribution in [3.8, 4) is 5.75 Å². The standard InChI is InChI=1S/C25H30N2O3/c1-4-27-17(2)25(18(3)28)23-13-22(9-10-24(23)27)30-16-21(29)15-26-12-11-19-7-5-6-8-20(19)14-26/h5-10,13,21,29H,4,11-12,14-16H2,1-3H3/t21-/m1/s1. The SMILES string of the molecule is CCn1c(C)c(C(C)=O)c2cc(OC[C@H](O)CN3CCc4ccccc4C3)ccc21. The first kappa shape index (κ1) is 20.6. The number of aliphatic hydroxyl groups is 1. The van der Waals surface area contributed by atoms with E-state index >= 15 is 0 Å². The first-order chi connectivity index (χ1) is 14.5. The summed E-state index contributed by atoms with van der Waals surface area (Å²) in [7, 11) is 0. The van der Waals surface area contributed by atoms with E-state index in [0.29, 0.717) is 12.3 Å². The highest BCUT2D eigenvalue weighted by Crippen LogP contribution is 2.30. The summed E-state index contributed by atoms with van der Waals surface area (Å²) < 4.78 is 8.06. The molecule has 2 aromatic carbocycles. The number of nitrogens with zero attached hydrogens (tertiary/aromatic N) is 2. The zero-order chi connectivity index (χ0) is 21.3. The summed E-state index contributed by atoms with van der Waals surface area (Å²) in [5, 5.41) is 11.4. The highest BCUT2D eigenvalue weighted by atomic mass is 16.5. The number of β-amino-alcohol motifs (C(OH)–C–C–N with tert-alkyl or cyclic N) is 1. The average molecular weight is 407 g/mol. The lowest BCUT2D eigenvalue weighted by Crippen LogP contribution is -2.38. The second kappa shape index (κ2) is 8.62. The smallest absolute Gasteiger partial charge is 0.162 e. The number of fused-ring (bicyclic) bond motifs is 2. The topological polar surface area (TPSA) is 54.7 Å². The number of ether oxygens (including phenoxy) is 1. The predicted molar refractivity (Wildman–Crippen MR) is 119 cm³/mol. The zero-order valence-corrected chi connectivity index (χ0v) is 18.0. The molecule has 0 unspecified atom stereocenters. The molecular formula is C25H30N2O3. The third-order valence-corrected chi connectivity index (χ3v) is 6.08. The maximum absolute atomic E-state index is 12.2. The van der Waals surface area contributed by atoms with Gasteiger partial charge in [-0.3, -0.25) is 9.69 Å². The molecule has 0 spiro atoms. The number of aliphatic hydroxyl groups excluding tert-OH is 1. The van der Waals surface area contributed by atoms with E-state index in [1.165, 1.54) is 11.1 Å². The Bertz CT molecular complexity index is 1070. The van der Waals surface area contributed by atoms with Crippen molar-refractivity contribution in [2.75, 3.05) is 19.7 Å². The van der Waals surface area contributed by atoms with Gasteiger partial charge in [-0.25, -0.2) is 0 Å². The number of carbonyl (C=O) groups excluding carboxylic acids is 1. The molecule has 0 saturated carbocycles. The summed E-state index contributed by atoms with van der Waals surface area (Å²) in [6, 6.07) is 14.3. The molecule has 0 bridgehead atoms. The molecule has 0 saturated heterocycles. The lowest BCUT2D eigenvalue weighted by atomic mass is 10.00.